The lowest BCUT2D eigenvalue weighted by Gasteiger charge is -2.06. The van der Waals surface area contributed by atoms with Crippen molar-refractivity contribution in [3.05, 3.63) is 58.0 Å². The number of benzene rings is 1. The van der Waals surface area contributed by atoms with Gasteiger partial charge in [0.2, 0.25) is 0 Å². The molecule has 0 saturated heterocycles. The average molecular weight is 324 g/mol. The van der Waals surface area contributed by atoms with Gasteiger partial charge in [-0.2, -0.15) is 5.26 Å². The lowest BCUT2D eigenvalue weighted by Crippen LogP contribution is -2.05. The molecule has 0 saturated carbocycles. The number of carboxylic acids is 1. The highest BCUT2D eigenvalue weighted by Crippen LogP contribution is 2.25. The Hall–Kier alpha value is -2.84. The number of thiophene rings is 1. The van der Waals surface area contributed by atoms with Crippen LogP contribution in [0.25, 0.3) is 18.2 Å². The Bertz CT molecular complexity index is 793. The number of carboxylic acid groups (broad SMARTS) is 1. The molecule has 0 amide bonds. The van der Waals surface area contributed by atoms with Gasteiger partial charge >= 0.3 is 5.97 Å². The molecule has 0 aliphatic heterocycles. The third kappa shape index (κ3) is 4.56. The van der Waals surface area contributed by atoms with Crippen molar-refractivity contribution in [1.29, 1.82) is 5.26 Å². The van der Waals surface area contributed by atoms with Crippen LogP contribution in [-0.2, 0) is 4.79 Å². The van der Waals surface area contributed by atoms with Gasteiger partial charge in [0.1, 0.15) is 11.6 Å². The molecule has 2 aromatic rings. The molecular formula is C18H16N2O2S. The molecule has 23 heavy (non-hydrogen) atoms. The maximum atomic E-state index is 10.8. The first-order valence-corrected chi connectivity index (χ1v) is 7.71. The van der Waals surface area contributed by atoms with E-state index in [1.165, 1.54) is 11.1 Å². The molecule has 116 valence electrons. The number of nitriles is 1. The number of aliphatic carboxylic acids is 1. The Morgan fingerprint density at radius 2 is 1.78 bits per heavy atom. The van der Waals surface area contributed by atoms with E-state index in [9.17, 15) is 4.79 Å². The van der Waals surface area contributed by atoms with Crippen LogP contribution in [0.1, 0.15) is 16.0 Å². The number of anilines is 1. The first-order valence-electron chi connectivity index (χ1n) is 6.90. The van der Waals surface area contributed by atoms with Crippen LogP contribution in [0.3, 0.4) is 0 Å². The third-order valence-electron chi connectivity index (χ3n) is 3.09. The van der Waals surface area contributed by atoms with Crippen molar-refractivity contribution < 1.29 is 9.90 Å². The predicted molar refractivity (Wildman–Crippen MR) is 95.2 cm³/mol. The predicted octanol–water partition coefficient (Wildman–Crippen LogP) is 3.98. The SMILES string of the molecule is CN(C)c1ccc(/C=C/c2ccc(/C=C(/C#N)C(=O)O)cc2)s1. The Kier molecular flexibility index (Phi) is 5.34. The average Bonchev–Trinajstić information content (AvgIpc) is 3.00. The third-order valence-corrected chi connectivity index (χ3v) is 4.31. The van der Waals surface area contributed by atoms with E-state index in [1.54, 1.807) is 29.5 Å². The van der Waals surface area contributed by atoms with Gasteiger partial charge in [-0.3, -0.25) is 0 Å². The molecule has 0 aliphatic rings. The van der Waals surface area contributed by atoms with E-state index in [-0.39, 0.29) is 5.57 Å². The van der Waals surface area contributed by atoms with Gasteiger partial charge in [0, 0.05) is 19.0 Å². The van der Waals surface area contributed by atoms with E-state index in [0.717, 1.165) is 10.4 Å². The summed E-state index contributed by atoms with van der Waals surface area (Å²) < 4.78 is 0. The summed E-state index contributed by atoms with van der Waals surface area (Å²) in [6.07, 6.45) is 5.40. The van der Waals surface area contributed by atoms with E-state index < -0.39 is 5.97 Å². The van der Waals surface area contributed by atoms with Crippen LogP contribution in [0.4, 0.5) is 5.00 Å². The topological polar surface area (TPSA) is 64.3 Å². The molecule has 1 aromatic carbocycles. The minimum atomic E-state index is -1.22. The Morgan fingerprint density at radius 1 is 1.13 bits per heavy atom. The molecule has 2 rings (SSSR count). The maximum absolute atomic E-state index is 10.8. The largest absolute Gasteiger partial charge is 0.477 e. The Morgan fingerprint density at radius 3 is 2.30 bits per heavy atom. The van der Waals surface area contributed by atoms with Gasteiger partial charge < -0.3 is 10.0 Å². The second-order valence-corrected chi connectivity index (χ2v) is 6.14. The van der Waals surface area contributed by atoms with Crippen LogP contribution < -0.4 is 4.90 Å². The molecule has 0 atom stereocenters. The van der Waals surface area contributed by atoms with Crippen LogP contribution in [-0.4, -0.2) is 25.2 Å². The monoisotopic (exact) mass is 324 g/mol. The highest BCUT2D eigenvalue weighted by molar-refractivity contribution is 7.16. The van der Waals surface area contributed by atoms with Crippen molar-refractivity contribution in [2.75, 3.05) is 19.0 Å². The summed E-state index contributed by atoms with van der Waals surface area (Å²) in [6.45, 7) is 0. The molecular weight excluding hydrogens is 308 g/mol. The minimum Gasteiger partial charge on any atom is -0.477 e. The summed E-state index contributed by atoms with van der Waals surface area (Å²) in [4.78, 5) is 14.0. The smallest absolute Gasteiger partial charge is 0.346 e. The normalized spacial score (nSPS) is 11.4. The minimum absolute atomic E-state index is 0.275. The van der Waals surface area contributed by atoms with Gasteiger partial charge in [-0.05, 0) is 35.4 Å². The number of hydrogen-bond acceptors (Lipinski definition) is 4. The summed E-state index contributed by atoms with van der Waals surface area (Å²) in [6, 6.07) is 13.2. The summed E-state index contributed by atoms with van der Waals surface area (Å²) in [7, 11) is 4.02. The molecule has 0 radical (unpaired) electrons. The second-order valence-electron chi connectivity index (χ2n) is 5.05. The molecule has 0 spiro atoms. The van der Waals surface area contributed by atoms with Gasteiger partial charge in [0.05, 0.1) is 5.00 Å². The fourth-order valence-electron chi connectivity index (χ4n) is 1.86. The van der Waals surface area contributed by atoms with E-state index in [1.807, 2.05) is 38.4 Å². The zero-order valence-corrected chi connectivity index (χ0v) is 13.7. The highest BCUT2D eigenvalue weighted by Gasteiger charge is 2.05. The molecule has 1 aromatic heterocycles. The van der Waals surface area contributed by atoms with Crippen LogP contribution in [0.15, 0.2) is 42.0 Å². The lowest BCUT2D eigenvalue weighted by atomic mass is 10.1. The molecule has 1 N–H and O–H groups in total. The fourth-order valence-corrected chi connectivity index (χ4v) is 2.69. The van der Waals surface area contributed by atoms with Gasteiger partial charge in [-0.25, -0.2) is 4.79 Å². The van der Waals surface area contributed by atoms with Crippen LogP contribution in [0.5, 0.6) is 0 Å². The summed E-state index contributed by atoms with van der Waals surface area (Å²) >= 11 is 1.71. The van der Waals surface area contributed by atoms with Gasteiger partial charge in [-0.1, -0.05) is 30.3 Å². The Balaban J connectivity index is 2.12. The van der Waals surface area contributed by atoms with Crippen molar-refractivity contribution >= 4 is 40.5 Å². The van der Waals surface area contributed by atoms with Gasteiger partial charge in [-0.15, -0.1) is 11.3 Å². The zero-order valence-electron chi connectivity index (χ0n) is 12.9. The summed E-state index contributed by atoms with van der Waals surface area (Å²) in [5, 5.41) is 18.8. The molecule has 4 nitrogen and oxygen atoms in total. The van der Waals surface area contributed by atoms with E-state index in [0.29, 0.717) is 5.56 Å². The van der Waals surface area contributed by atoms with Crippen LogP contribution in [0, 0.1) is 11.3 Å². The van der Waals surface area contributed by atoms with E-state index in [4.69, 9.17) is 10.4 Å². The maximum Gasteiger partial charge on any atom is 0.346 e. The number of nitrogens with zero attached hydrogens (tertiary/aromatic N) is 2. The number of rotatable bonds is 5. The second kappa shape index (κ2) is 7.43. The number of hydrogen-bond donors (Lipinski definition) is 1. The van der Waals surface area contributed by atoms with Crippen molar-refractivity contribution in [2.24, 2.45) is 0 Å². The lowest BCUT2D eigenvalue weighted by molar-refractivity contribution is -0.132. The molecule has 5 heteroatoms. The first kappa shape index (κ1) is 16.5. The summed E-state index contributed by atoms with van der Waals surface area (Å²) in [5.74, 6) is -1.22. The van der Waals surface area contributed by atoms with Crippen molar-refractivity contribution in [3.63, 3.8) is 0 Å². The van der Waals surface area contributed by atoms with Crippen molar-refractivity contribution in [2.45, 2.75) is 0 Å². The van der Waals surface area contributed by atoms with Gasteiger partial charge in [0.25, 0.3) is 0 Å². The summed E-state index contributed by atoms with van der Waals surface area (Å²) in [5.41, 5.74) is 1.42. The Labute approximate surface area is 139 Å². The van der Waals surface area contributed by atoms with Crippen LogP contribution in [0.2, 0.25) is 0 Å². The van der Waals surface area contributed by atoms with Crippen molar-refractivity contribution in [3.8, 4) is 6.07 Å². The molecule has 0 bridgehead atoms. The van der Waals surface area contributed by atoms with Gasteiger partial charge in [0.15, 0.2) is 0 Å². The standard InChI is InChI=1S/C18H16N2O2S/c1-20(2)17-10-9-16(23-17)8-7-13-3-5-14(6-4-13)11-15(12-19)18(21)22/h3-11H,1-2H3,(H,21,22)/b8-7+,15-11-. The molecule has 1 heterocycles. The number of carbonyl (C=O) groups is 1. The zero-order chi connectivity index (χ0) is 16.8. The van der Waals surface area contributed by atoms with E-state index >= 15 is 0 Å². The highest BCUT2D eigenvalue weighted by atomic mass is 32.1. The van der Waals surface area contributed by atoms with E-state index in [2.05, 4.69) is 17.0 Å². The van der Waals surface area contributed by atoms with Crippen LogP contribution >= 0.6 is 11.3 Å². The first-order chi connectivity index (χ1) is 11.0. The molecule has 0 fully saturated rings. The quantitative estimate of drug-likeness (QED) is 0.667. The fraction of sp³-hybridized carbons (Fsp3) is 0.111. The molecule has 0 unspecified atom stereocenters. The molecule has 0 aliphatic carbocycles. The van der Waals surface area contributed by atoms with Crippen molar-refractivity contribution in [1.82, 2.24) is 0 Å².